The predicted molar refractivity (Wildman–Crippen MR) is 83.5 cm³/mol. The number of hydrogen-bond acceptors (Lipinski definition) is 2. The van der Waals surface area contributed by atoms with Gasteiger partial charge in [-0.15, -0.1) is 0 Å². The SMILES string of the molecule is CC(C)(C)NC(=O)c1cccc(NC(=O)N2CCCC2)c1. The van der Waals surface area contributed by atoms with E-state index in [4.69, 9.17) is 0 Å². The Kier molecular flexibility index (Phi) is 4.50. The summed E-state index contributed by atoms with van der Waals surface area (Å²) in [4.78, 5) is 26.0. The van der Waals surface area contributed by atoms with Crippen molar-refractivity contribution in [2.24, 2.45) is 0 Å². The second-order valence-corrected chi connectivity index (χ2v) is 6.41. The van der Waals surface area contributed by atoms with Crippen molar-refractivity contribution in [3.63, 3.8) is 0 Å². The van der Waals surface area contributed by atoms with E-state index in [1.54, 1.807) is 29.2 Å². The number of amides is 3. The molecule has 0 aliphatic carbocycles. The van der Waals surface area contributed by atoms with Crippen LogP contribution in [0.1, 0.15) is 44.0 Å². The summed E-state index contributed by atoms with van der Waals surface area (Å²) < 4.78 is 0. The fourth-order valence-corrected chi connectivity index (χ4v) is 2.27. The van der Waals surface area contributed by atoms with E-state index in [-0.39, 0.29) is 17.5 Å². The predicted octanol–water partition coefficient (Wildman–Crippen LogP) is 2.84. The van der Waals surface area contributed by atoms with Crippen LogP contribution < -0.4 is 10.6 Å². The number of rotatable bonds is 2. The Bertz CT molecular complexity index is 529. The minimum Gasteiger partial charge on any atom is -0.347 e. The lowest BCUT2D eigenvalue weighted by molar-refractivity contribution is 0.0919. The third-order valence-corrected chi connectivity index (χ3v) is 3.26. The molecule has 0 unspecified atom stereocenters. The third kappa shape index (κ3) is 4.48. The molecule has 21 heavy (non-hydrogen) atoms. The Hall–Kier alpha value is -2.04. The van der Waals surface area contributed by atoms with Gasteiger partial charge in [0.05, 0.1) is 0 Å². The van der Waals surface area contributed by atoms with E-state index in [1.165, 1.54) is 0 Å². The highest BCUT2D eigenvalue weighted by molar-refractivity contribution is 5.97. The standard InChI is InChI=1S/C16H23N3O2/c1-16(2,3)18-14(20)12-7-6-8-13(11-12)17-15(21)19-9-4-5-10-19/h6-8,11H,4-5,9-10H2,1-3H3,(H,17,21)(H,18,20). The molecule has 0 radical (unpaired) electrons. The highest BCUT2D eigenvalue weighted by Gasteiger charge is 2.19. The first-order chi connectivity index (χ1) is 9.85. The van der Waals surface area contributed by atoms with Gasteiger partial charge in [-0.05, 0) is 51.8 Å². The van der Waals surface area contributed by atoms with Crippen molar-refractivity contribution in [2.75, 3.05) is 18.4 Å². The lowest BCUT2D eigenvalue weighted by atomic mass is 10.1. The van der Waals surface area contributed by atoms with Crippen LogP contribution in [0.3, 0.4) is 0 Å². The smallest absolute Gasteiger partial charge is 0.321 e. The monoisotopic (exact) mass is 289 g/mol. The topological polar surface area (TPSA) is 61.4 Å². The number of urea groups is 1. The number of nitrogens with one attached hydrogen (secondary N) is 2. The molecule has 3 amide bonds. The first kappa shape index (κ1) is 15.4. The second kappa shape index (κ2) is 6.16. The van der Waals surface area contributed by atoms with Crippen LogP contribution in [-0.2, 0) is 0 Å². The third-order valence-electron chi connectivity index (χ3n) is 3.26. The zero-order valence-electron chi connectivity index (χ0n) is 12.9. The molecule has 5 heteroatoms. The van der Waals surface area contributed by atoms with E-state index in [9.17, 15) is 9.59 Å². The van der Waals surface area contributed by atoms with Gasteiger partial charge in [-0.2, -0.15) is 0 Å². The molecule has 1 aliphatic rings. The Balaban J connectivity index is 2.03. The van der Waals surface area contributed by atoms with Crippen molar-refractivity contribution in [3.05, 3.63) is 29.8 Å². The molecule has 1 aromatic carbocycles. The summed E-state index contributed by atoms with van der Waals surface area (Å²) in [6, 6.07) is 6.92. The summed E-state index contributed by atoms with van der Waals surface area (Å²) in [6.07, 6.45) is 2.11. The van der Waals surface area contributed by atoms with E-state index in [2.05, 4.69) is 10.6 Å². The van der Waals surface area contributed by atoms with Crippen molar-refractivity contribution in [1.82, 2.24) is 10.2 Å². The fourth-order valence-electron chi connectivity index (χ4n) is 2.27. The largest absolute Gasteiger partial charge is 0.347 e. The van der Waals surface area contributed by atoms with Gasteiger partial charge in [0.25, 0.3) is 5.91 Å². The lowest BCUT2D eigenvalue weighted by Crippen LogP contribution is -2.40. The molecule has 0 spiro atoms. The minimum atomic E-state index is -0.286. The molecule has 0 bridgehead atoms. The van der Waals surface area contributed by atoms with Crippen molar-refractivity contribution in [3.8, 4) is 0 Å². The highest BCUT2D eigenvalue weighted by atomic mass is 16.2. The Morgan fingerprint density at radius 2 is 1.81 bits per heavy atom. The molecule has 0 aromatic heterocycles. The highest BCUT2D eigenvalue weighted by Crippen LogP contribution is 2.14. The molecule has 5 nitrogen and oxygen atoms in total. The molecule has 114 valence electrons. The van der Waals surface area contributed by atoms with Gasteiger partial charge in [-0.25, -0.2) is 4.79 Å². The average molecular weight is 289 g/mol. The van der Waals surface area contributed by atoms with Crippen LogP contribution >= 0.6 is 0 Å². The van der Waals surface area contributed by atoms with E-state index in [1.807, 2.05) is 20.8 Å². The van der Waals surface area contributed by atoms with Gasteiger partial charge < -0.3 is 15.5 Å². The maximum Gasteiger partial charge on any atom is 0.321 e. The number of hydrogen-bond donors (Lipinski definition) is 2. The van der Waals surface area contributed by atoms with Crippen LogP contribution in [0, 0.1) is 0 Å². The minimum absolute atomic E-state index is 0.0964. The molecule has 1 aromatic rings. The van der Waals surface area contributed by atoms with Crippen LogP contribution in [-0.4, -0.2) is 35.5 Å². The molecule has 2 rings (SSSR count). The molecule has 1 aliphatic heterocycles. The van der Waals surface area contributed by atoms with Gasteiger partial charge in [-0.3, -0.25) is 4.79 Å². The number of anilines is 1. The van der Waals surface area contributed by atoms with E-state index in [0.29, 0.717) is 11.3 Å². The molecule has 2 N–H and O–H groups in total. The van der Waals surface area contributed by atoms with E-state index in [0.717, 1.165) is 25.9 Å². The van der Waals surface area contributed by atoms with Crippen LogP contribution in [0.25, 0.3) is 0 Å². The van der Waals surface area contributed by atoms with Crippen molar-refractivity contribution >= 4 is 17.6 Å². The van der Waals surface area contributed by atoms with Crippen molar-refractivity contribution < 1.29 is 9.59 Å². The molecule has 0 atom stereocenters. The van der Waals surface area contributed by atoms with Crippen LogP contribution in [0.15, 0.2) is 24.3 Å². The molecule has 0 saturated carbocycles. The summed E-state index contributed by atoms with van der Waals surface area (Å²) in [5.41, 5.74) is 0.906. The van der Waals surface area contributed by atoms with E-state index < -0.39 is 0 Å². The molecule has 1 heterocycles. The van der Waals surface area contributed by atoms with Crippen molar-refractivity contribution in [1.29, 1.82) is 0 Å². The fraction of sp³-hybridized carbons (Fsp3) is 0.500. The first-order valence-electron chi connectivity index (χ1n) is 7.34. The zero-order valence-corrected chi connectivity index (χ0v) is 12.9. The number of nitrogens with zero attached hydrogens (tertiary/aromatic N) is 1. The van der Waals surface area contributed by atoms with E-state index >= 15 is 0 Å². The summed E-state index contributed by atoms with van der Waals surface area (Å²) in [7, 11) is 0. The molecular formula is C16H23N3O2. The van der Waals surface area contributed by atoms with Crippen LogP contribution in [0.4, 0.5) is 10.5 Å². The second-order valence-electron chi connectivity index (χ2n) is 6.41. The normalized spacial score (nSPS) is 14.9. The van der Waals surface area contributed by atoms with Gasteiger partial charge in [-0.1, -0.05) is 6.07 Å². The summed E-state index contributed by atoms with van der Waals surface area (Å²) >= 11 is 0. The lowest BCUT2D eigenvalue weighted by Gasteiger charge is -2.21. The average Bonchev–Trinajstić information content (AvgIpc) is 2.91. The Labute approximate surface area is 125 Å². The van der Waals surface area contributed by atoms with Gasteiger partial charge >= 0.3 is 6.03 Å². The zero-order chi connectivity index (χ0) is 15.5. The van der Waals surface area contributed by atoms with Crippen molar-refractivity contribution in [2.45, 2.75) is 39.2 Å². The number of benzene rings is 1. The number of likely N-dealkylation sites (tertiary alicyclic amines) is 1. The van der Waals surface area contributed by atoms with Crippen LogP contribution in [0.5, 0.6) is 0 Å². The van der Waals surface area contributed by atoms with Gasteiger partial charge in [0.1, 0.15) is 0 Å². The maximum absolute atomic E-state index is 12.1. The van der Waals surface area contributed by atoms with Gasteiger partial charge in [0.15, 0.2) is 0 Å². The molecule has 1 saturated heterocycles. The number of carbonyl (C=O) groups excluding carboxylic acids is 2. The summed E-state index contributed by atoms with van der Waals surface area (Å²) in [5, 5.41) is 5.76. The van der Waals surface area contributed by atoms with Gasteiger partial charge in [0.2, 0.25) is 0 Å². The summed E-state index contributed by atoms with van der Waals surface area (Å²) in [6.45, 7) is 7.41. The van der Waals surface area contributed by atoms with Crippen LogP contribution in [0.2, 0.25) is 0 Å². The summed E-state index contributed by atoms with van der Waals surface area (Å²) in [5.74, 6) is -0.139. The first-order valence-corrected chi connectivity index (χ1v) is 7.34. The number of carbonyl (C=O) groups is 2. The molecule has 1 fully saturated rings. The Morgan fingerprint density at radius 1 is 1.14 bits per heavy atom. The maximum atomic E-state index is 12.1. The van der Waals surface area contributed by atoms with Gasteiger partial charge in [0, 0.05) is 29.9 Å². The molecular weight excluding hydrogens is 266 g/mol. The quantitative estimate of drug-likeness (QED) is 0.879. The Morgan fingerprint density at radius 3 is 2.43 bits per heavy atom.